The molecular formula is C24H19N5O2. The first-order valence-corrected chi connectivity index (χ1v) is 10.1. The summed E-state index contributed by atoms with van der Waals surface area (Å²) in [4.78, 5) is 10.5. The Morgan fingerprint density at radius 1 is 1.13 bits per heavy atom. The van der Waals surface area contributed by atoms with Gasteiger partial charge in [0.2, 0.25) is 0 Å². The molecule has 1 atom stereocenters. The Morgan fingerprint density at radius 3 is 2.74 bits per heavy atom. The Hall–Kier alpha value is -4.18. The normalized spacial score (nSPS) is 15.3. The molecule has 1 aliphatic rings. The van der Waals surface area contributed by atoms with Crippen LogP contribution in [-0.4, -0.2) is 15.1 Å². The maximum absolute atomic E-state index is 10.9. The van der Waals surface area contributed by atoms with Crippen LogP contribution in [-0.2, 0) is 6.42 Å². The molecule has 0 saturated carbocycles. The van der Waals surface area contributed by atoms with Crippen LogP contribution in [0.5, 0.6) is 0 Å². The topological polar surface area (TPSA) is 108 Å². The lowest BCUT2D eigenvalue weighted by Gasteiger charge is -2.27. The third-order valence-electron chi connectivity index (χ3n) is 5.84. The highest BCUT2D eigenvalue weighted by molar-refractivity contribution is 5.95. The van der Waals surface area contributed by atoms with Gasteiger partial charge in [-0.15, -0.1) is 0 Å². The highest BCUT2D eigenvalue weighted by Gasteiger charge is 2.21. The third-order valence-corrected chi connectivity index (χ3v) is 5.84. The molecule has 5 rings (SSSR count). The lowest BCUT2D eigenvalue weighted by Crippen LogP contribution is -2.17. The molecule has 2 N–H and O–H groups in total. The Balaban J connectivity index is 1.47. The van der Waals surface area contributed by atoms with E-state index < -0.39 is 4.92 Å². The molecule has 0 aliphatic heterocycles. The van der Waals surface area contributed by atoms with Crippen molar-refractivity contribution in [3.05, 3.63) is 87.5 Å². The van der Waals surface area contributed by atoms with Crippen molar-refractivity contribution in [2.75, 3.05) is 5.32 Å². The molecule has 4 aromatic rings. The minimum absolute atomic E-state index is 0.0569. The van der Waals surface area contributed by atoms with Crippen molar-refractivity contribution in [1.29, 1.82) is 5.26 Å². The van der Waals surface area contributed by atoms with Gasteiger partial charge in [0.1, 0.15) is 0 Å². The number of benzene rings is 3. The van der Waals surface area contributed by atoms with Crippen LogP contribution in [0.15, 0.2) is 60.7 Å². The van der Waals surface area contributed by atoms with Crippen LogP contribution >= 0.6 is 0 Å². The summed E-state index contributed by atoms with van der Waals surface area (Å²) in [7, 11) is 0. The number of nitro groups is 1. The predicted octanol–water partition coefficient (Wildman–Crippen LogP) is 5.50. The van der Waals surface area contributed by atoms with Gasteiger partial charge in [0.05, 0.1) is 33.8 Å². The fourth-order valence-electron chi connectivity index (χ4n) is 4.30. The number of hydrogen-bond acceptors (Lipinski definition) is 5. The number of non-ortho nitro benzene ring substituents is 1. The van der Waals surface area contributed by atoms with E-state index in [2.05, 4.69) is 33.7 Å². The van der Waals surface area contributed by atoms with Gasteiger partial charge in [0.15, 0.2) is 0 Å². The molecule has 0 amide bonds. The van der Waals surface area contributed by atoms with E-state index in [4.69, 9.17) is 0 Å². The first-order valence-electron chi connectivity index (χ1n) is 10.1. The van der Waals surface area contributed by atoms with E-state index in [9.17, 15) is 15.4 Å². The molecule has 1 aliphatic carbocycles. The number of nitro benzene ring substituents is 1. The second-order valence-electron chi connectivity index (χ2n) is 7.75. The van der Waals surface area contributed by atoms with Gasteiger partial charge >= 0.3 is 0 Å². The second kappa shape index (κ2) is 7.58. The molecular weight excluding hydrogens is 390 g/mol. The van der Waals surface area contributed by atoms with Gasteiger partial charge in [-0.3, -0.25) is 15.2 Å². The van der Waals surface area contributed by atoms with Crippen LogP contribution in [0.2, 0.25) is 0 Å². The molecule has 7 nitrogen and oxygen atoms in total. The highest BCUT2D eigenvalue weighted by atomic mass is 16.6. The fraction of sp³-hybridized carbons (Fsp3) is 0.167. The lowest BCUT2D eigenvalue weighted by atomic mass is 9.86. The molecule has 3 aromatic carbocycles. The first kappa shape index (κ1) is 18.8. The summed E-state index contributed by atoms with van der Waals surface area (Å²) in [6, 6.07) is 20.8. The molecule has 0 spiro atoms. The molecule has 0 saturated heterocycles. The Labute approximate surface area is 178 Å². The highest BCUT2D eigenvalue weighted by Crippen LogP contribution is 2.35. The van der Waals surface area contributed by atoms with Gasteiger partial charge < -0.3 is 5.32 Å². The van der Waals surface area contributed by atoms with Gasteiger partial charge in [-0.05, 0) is 72.9 Å². The van der Waals surface area contributed by atoms with Crippen molar-refractivity contribution >= 4 is 22.3 Å². The van der Waals surface area contributed by atoms with Gasteiger partial charge in [-0.1, -0.05) is 6.07 Å². The van der Waals surface area contributed by atoms with E-state index in [1.165, 1.54) is 23.3 Å². The number of nitrogens with zero attached hydrogens (tertiary/aromatic N) is 3. The van der Waals surface area contributed by atoms with E-state index in [1.807, 2.05) is 24.3 Å². The summed E-state index contributed by atoms with van der Waals surface area (Å²) >= 11 is 0. The quantitative estimate of drug-likeness (QED) is 0.342. The SMILES string of the molecule is N#Cc1ccc2c(c1)CCC[C@@H]2Nc1ccc2[nH]nc(-c3ccc([N+](=O)[O-])cc3)c2c1. The minimum Gasteiger partial charge on any atom is -0.378 e. The molecule has 0 fully saturated rings. The second-order valence-corrected chi connectivity index (χ2v) is 7.75. The Kier molecular flexibility index (Phi) is 4.60. The van der Waals surface area contributed by atoms with E-state index in [0.29, 0.717) is 5.56 Å². The molecule has 1 heterocycles. The number of H-pyrrole nitrogens is 1. The molecule has 152 valence electrons. The summed E-state index contributed by atoms with van der Waals surface area (Å²) in [5.74, 6) is 0. The number of nitrogens with one attached hydrogen (secondary N) is 2. The molecule has 31 heavy (non-hydrogen) atoms. The predicted molar refractivity (Wildman–Crippen MR) is 119 cm³/mol. The van der Waals surface area contributed by atoms with Crippen molar-refractivity contribution in [3.63, 3.8) is 0 Å². The van der Waals surface area contributed by atoms with Crippen LogP contribution < -0.4 is 5.32 Å². The van der Waals surface area contributed by atoms with Crippen molar-refractivity contribution in [2.45, 2.75) is 25.3 Å². The number of aromatic nitrogens is 2. The van der Waals surface area contributed by atoms with Gasteiger partial charge in [0, 0.05) is 28.8 Å². The number of nitriles is 1. The number of aromatic amines is 1. The summed E-state index contributed by atoms with van der Waals surface area (Å²) in [6.07, 6.45) is 3.09. The zero-order valence-electron chi connectivity index (χ0n) is 16.6. The summed E-state index contributed by atoms with van der Waals surface area (Å²) in [5, 5.41) is 32.2. The molecule has 0 bridgehead atoms. The van der Waals surface area contributed by atoms with E-state index >= 15 is 0 Å². The zero-order chi connectivity index (χ0) is 21.4. The number of fused-ring (bicyclic) bond motifs is 2. The molecule has 7 heteroatoms. The number of hydrogen-bond donors (Lipinski definition) is 2. The van der Waals surface area contributed by atoms with E-state index in [-0.39, 0.29) is 11.7 Å². The van der Waals surface area contributed by atoms with Crippen molar-refractivity contribution in [2.24, 2.45) is 0 Å². The van der Waals surface area contributed by atoms with Gasteiger partial charge in [-0.2, -0.15) is 10.4 Å². The maximum Gasteiger partial charge on any atom is 0.269 e. The summed E-state index contributed by atoms with van der Waals surface area (Å²) in [5.41, 5.74) is 6.71. The van der Waals surface area contributed by atoms with Crippen LogP contribution in [0.1, 0.15) is 35.6 Å². The standard InChI is InChI=1S/C24H19N5O2/c25-14-15-4-10-20-17(12-15)2-1-3-22(20)26-18-7-11-23-21(13-18)24(28-27-23)16-5-8-19(9-6-16)29(30)31/h4-13,22,26H,1-3H2,(H,27,28)/t22-/m0/s1. The molecule has 0 radical (unpaired) electrons. The molecule has 0 unspecified atom stereocenters. The fourth-order valence-corrected chi connectivity index (χ4v) is 4.30. The van der Waals surface area contributed by atoms with Gasteiger partial charge in [0.25, 0.3) is 5.69 Å². The lowest BCUT2D eigenvalue weighted by molar-refractivity contribution is -0.384. The minimum atomic E-state index is -0.407. The van der Waals surface area contributed by atoms with Crippen LogP contribution in [0.4, 0.5) is 11.4 Å². The van der Waals surface area contributed by atoms with Crippen LogP contribution in [0.3, 0.4) is 0 Å². The van der Waals surface area contributed by atoms with Crippen LogP contribution in [0.25, 0.3) is 22.2 Å². The number of anilines is 1. The first-order chi connectivity index (χ1) is 15.1. The number of rotatable bonds is 4. The Bertz CT molecular complexity index is 1330. The number of aryl methyl sites for hydroxylation is 1. The van der Waals surface area contributed by atoms with Crippen molar-refractivity contribution in [3.8, 4) is 17.3 Å². The molecule has 1 aromatic heterocycles. The average Bonchev–Trinajstić information content (AvgIpc) is 3.22. The summed E-state index contributed by atoms with van der Waals surface area (Å²) < 4.78 is 0. The largest absolute Gasteiger partial charge is 0.378 e. The Morgan fingerprint density at radius 2 is 1.97 bits per heavy atom. The summed E-state index contributed by atoms with van der Waals surface area (Å²) in [6.45, 7) is 0. The monoisotopic (exact) mass is 409 g/mol. The van der Waals surface area contributed by atoms with Gasteiger partial charge in [-0.25, -0.2) is 0 Å². The average molecular weight is 409 g/mol. The maximum atomic E-state index is 10.9. The van der Waals surface area contributed by atoms with Crippen LogP contribution in [0, 0.1) is 21.4 Å². The van der Waals surface area contributed by atoms with Crippen molar-refractivity contribution < 1.29 is 4.92 Å². The zero-order valence-corrected chi connectivity index (χ0v) is 16.6. The van der Waals surface area contributed by atoms with E-state index in [0.717, 1.165) is 47.1 Å². The van der Waals surface area contributed by atoms with E-state index in [1.54, 1.807) is 12.1 Å². The third kappa shape index (κ3) is 3.49. The van der Waals surface area contributed by atoms with Crippen molar-refractivity contribution in [1.82, 2.24) is 10.2 Å². The smallest absolute Gasteiger partial charge is 0.269 e.